The summed E-state index contributed by atoms with van der Waals surface area (Å²) in [4.78, 5) is 0. The van der Waals surface area contributed by atoms with Gasteiger partial charge in [0, 0.05) is 25.2 Å². The summed E-state index contributed by atoms with van der Waals surface area (Å²) < 4.78 is 11.7. The van der Waals surface area contributed by atoms with Crippen molar-refractivity contribution in [3.63, 3.8) is 0 Å². The molecular formula is C14H29NO2. The third-order valence-corrected chi connectivity index (χ3v) is 4.06. The Labute approximate surface area is 106 Å². The molecule has 1 aliphatic rings. The van der Waals surface area contributed by atoms with E-state index in [1.807, 2.05) is 0 Å². The maximum Gasteiger partial charge on any atom is 0.0832 e. The van der Waals surface area contributed by atoms with Gasteiger partial charge < -0.3 is 14.8 Å². The van der Waals surface area contributed by atoms with E-state index in [2.05, 4.69) is 33.0 Å². The molecule has 1 saturated heterocycles. The van der Waals surface area contributed by atoms with Crippen LogP contribution in [-0.2, 0) is 9.47 Å². The lowest BCUT2D eigenvalue weighted by molar-refractivity contribution is -0.0854. The Hall–Kier alpha value is -0.120. The number of hydrogen-bond acceptors (Lipinski definition) is 3. The van der Waals surface area contributed by atoms with Crippen molar-refractivity contribution in [2.75, 3.05) is 26.4 Å². The van der Waals surface area contributed by atoms with Gasteiger partial charge >= 0.3 is 0 Å². The van der Waals surface area contributed by atoms with Crippen molar-refractivity contribution in [1.29, 1.82) is 0 Å². The lowest BCUT2D eigenvalue weighted by atomic mass is 9.80. The molecule has 3 heteroatoms. The summed E-state index contributed by atoms with van der Waals surface area (Å²) in [5, 5.41) is 3.65. The van der Waals surface area contributed by atoms with Gasteiger partial charge in [0.15, 0.2) is 0 Å². The molecule has 0 amide bonds. The number of likely N-dealkylation sites (N-methyl/N-ethyl adjacent to an activating group) is 1. The third-order valence-electron chi connectivity index (χ3n) is 4.06. The first kappa shape index (κ1) is 14.9. The Morgan fingerprint density at radius 1 is 1.29 bits per heavy atom. The van der Waals surface area contributed by atoms with Crippen LogP contribution in [0.25, 0.3) is 0 Å². The molecule has 102 valence electrons. The summed E-state index contributed by atoms with van der Waals surface area (Å²) in [5.41, 5.74) is -0.0247. The van der Waals surface area contributed by atoms with Crippen LogP contribution in [-0.4, -0.2) is 38.0 Å². The fraction of sp³-hybridized carbons (Fsp3) is 1.00. The van der Waals surface area contributed by atoms with Crippen molar-refractivity contribution >= 4 is 0 Å². The maximum absolute atomic E-state index is 6.14. The van der Waals surface area contributed by atoms with E-state index in [1.54, 1.807) is 0 Å². The lowest BCUT2D eigenvalue weighted by Gasteiger charge is -2.42. The van der Waals surface area contributed by atoms with E-state index >= 15 is 0 Å². The van der Waals surface area contributed by atoms with Gasteiger partial charge in [-0.3, -0.25) is 0 Å². The summed E-state index contributed by atoms with van der Waals surface area (Å²) in [7, 11) is 0. The van der Waals surface area contributed by atoms with Crippen molar-refractivity contribution in [3.8, 4) is 0 Å². The first-order chi connectivity index (χ1) is 8.24. The van der Waals surface area contributed by atoms with E-state index in [1.165, 1.54) is 0 Å². The van der Waals surface area contributed by atoms with Gasteiger partial charge in [-0.2, -0.15) is 0 Å². The van der Waals surface area contributed by atoms with E-state index < -0.39 is 0 Å². The average molecular weight is 243 g/mol. The quantitative estimate of drug-likeness (QED) is 0.711. The van der Waals surface area contributed by atoms with Crippen LogP contribution in [0.5, 0.6) is 0 Å². The van der Waals surface area contributed by atoms with Crippen LogP contribution in [0.3, 0.4) is 0 Å². The highest BCUT2D eigenvalue weighted by atomic mass is 16.5. The predicted octanol–water partition coefficient (Wildman–Crippen LogP) is 2.60. The smallest absolute Gasteiger partial charge is 0.0832 e. The van der Waals surface area contributed by atoms with Gasteiger partial charge in [-0.15, -0.1) is 0 Å². The van der Waals surface area contributed by atoms with Crippen LogP contribution in [0.2, 0.25) is 0 Å². The monoisotopic (exact) mass is 243 g/mol. The second-order valence-electron chi connectivity index (χ2n) is 4.86. The molecule has 1 heterocycles. The molecule has 2 atom stereocenters. The van der Waals surface area contributed by atoms with Crippen molar-refractivity contribution in [1.82, 2.24) is 5.32 Å². The van der Waals surface area contributed by atoms with Gasteiger partial charge in [0.05, 0.1) is 12.2 Å². The Morgan fingerprint density at radius 3 is 2.41 bits per heavy atom. The summed E-state index contributed by atoms with van der Waals surface area (Å²) in [6.07, 6.45) is 3.28. The predicted molar refractivity (Wildman–Crippen MR) is 71.3 cm³/mol. The standard InChI is InChI=1S/C14H29NO2/c1-5-14(6-2,17-8-4)13(15-7-3)12-9-10-16-11-12/h12-13,15H,5-11H2,1-4H3. The largest absolute Gasteiger partial charge is 0.381 e. The van der Waals surface area contributed by atoms with Crippen molar-refractivity contribution < 1.29 is 9.47 Å². The first-order valence-corrected chi connectivity index (χ1v) is 7.19. The van der Waals surface area contributed by atoms with E-state index in [0.29, 0.717) is 12.0 Å². The summed E-state index contributed by atoms with van der Waals surface area (Å²) in [5.74, 6) is 0.599. The van der Waals surface area contributed by atoms with Gasteiger partial charge in [0.1, 0.15) is 0 Å². The van der Waals surface area contributed by atoms with Crippen LogP contribution < -0.4 is 5.32 Å². The highest BCUT2D eigenvalue weighted by Crippen LogP contribution is 2.32. The number of hydrogen-bond donors (Lipinski definition) is 1. The average Bonchev–Trinajstić information content (AvgIpc) is 2.87. The fourth-order valence-electron chi connectivity index (χ4n) is 3.09. The minimum atomic E-state index is -0.0247. The second-order valence-corrected chi connectivity index (χ2v) is 4.86. The zero-order valence-corrected chi connectivity index (χ0v) is 11.9. The highest BCUT2D eigenvalue weighted by Gasteiger charge is 2.41. The fourth-order valence-corrected chi connectivity index (χ4v) is 3.09. The van der Waals surface area contributed by atoms with Crippen molar-refractivity contribution in [2.24, 2.45) is 5.92 Å². The van der Waals surface area contributed by atoms with Crippen LogP contribution in [0.15, 0.2) is 0 Å². The van der Waals surface area contributed by atoms with E-state index in [9.17, 15) is 0 Å². The minimum absolute atomic E-state index is 0.0247. The molecule has 3 nitrogen and oxygen atoms in total. The van der Waals surface area contributed by atoms with Gasteiger partial charge in [-0.1, -0.05) is 20.8 Å². The molecule has 0 aromatic carbocycles. The molecule has 0 saturated carbocycles. The topological polar surface area (TPSA) is 30.5 Å². The molecule has 1 N–H and O–H groups in total. The van der Waals surface area contributed by atoms with Gasteiger partial charge in [-0.05, 0) is 32.7 Å². The van der Waals surface area contributed by atoms with Crippen LogP contribution in [0, 0.1) is 5.92 Å². The molecule has 1 aliphatic heterocycles. The zero-order chi connectivity index (χ0) is 12.7. The maximum atomic E-state index is 6.14. The Balaban J connectivity index is 2.82. The van der Waals surface area contributed by atoms with E-state index in [0.717, 1.165) is 45.6 Å². The number of ether oxygens (including phenoxy) is 2. The van der Waals surface area contributed by atoms with Crippen LogP contribution >= 0.6 is 0 Å². The molecular weight excluding hydrogens is 214 g/mol. The molecule has 0 aromatic rings. The summed E-state index contributed by atoms with van der Waals surface area (Å²) >= 11 is 0. The molecule has 2 unspecified atom stereocenters. The number of rotatable bonds is 8. The molecule has 0 radical (unpaired) electrons. The van der Waals surface area contributed by atoms with Crippen LogP contribution in [0.4, 0.5) is 0 Å². The van der Waals surface area contributed by atoms with E-state index in [4.69, 9.17) is 9.47 Å². The minimum Gasteiger partial charge on any atom is -0.381 e. The first-order valence-electron chi connectivity index (χ1n) is 7.19. The van der Waals surface area contributed by atoms with Gasteiger partial charge in [0.2, 0.25) is 0 Å². The normalized spacial score (nSPS) is 22.9. The molecule has 0 spiro atoms. The molecule has 0 aromatic heterocycles. The zero-order valence-electron chi connectivity index (χ0n) is 11.9. The Morgan fingerprint density at radius 2 is 2.00 bits per heavy atom. The lowest BCUT2D eigenvalue weighted by Crippen LogP contribution is -2.56. The molecule has 1 fully saturated rings. The van der Waals surface area contributed by atoms with Gasteiger partial charge in [0.25, 0.3) is 0 Å². The summed E-state index contributed by atoms with van der Waals surface area (Å²) in [6.45, 7) is 12.3. The SMILES string of the molecule is CCNC(C1CCOC1)C(CC)(CC)OCC. The summed E-state index contributed by atoms with van der Waals surface area (Å²) in [6, 6.07) is 0.421. The Bertz CT molecular complexity index is 198. The molecule has 0 aliphatic carbocycles. The second kappa shape index (κ2) is 7.34. The highest BCUT2D eigenvalue weighted by molar-refractivity contribution is 4.96. The Kier molecular flexibility index (Phi) is 6.45. The van der Waals surface area contributed by atoms with Crippen LogP contribution in [0.1, 0.15) is 47.0 Å². The molecule has 0 bridgehead atoms. The number of nitrogens with one attached hydrogen (secondary N) is 1. The third kappa shape index (κ3) is 3.43. The van der Waals surface area contributed by atoms with E-state index in [-0.39, 0.29) is 5.60 Å². The molecule has 17 heavy (non-hydrogen) atoms. The van der Waals surface area contributed by atoms with Crippen molar-refractivity contribution in [3.05, 3.63) is 0 Å². The van der Waals surface area contributed by atoms with Crippen molar-refractivity contribution in [2.45, 2.75) is 58.6 Å². The van der Waals surface area contributed by atoms with Gasteiger partial charge in [-0.25, -0.2) is 0 Å². The molecule has 1 rings (SSSR count).